The molecule has 1 saturated heterocycles. The third-order valence-electron chi connectivity index (χ3n) is 2.56. The second-order valence-electron chi connectivity index (χ2n) is 3.80. The summed E-state index contributed by atoms with van der Waals surface area (Å²) in [6.45, 7) is 1.28. The number of nitrogens with one attached hydrogen (secondary N) is 1. The van der Waals surface area contributed by atoms with E-state index in [1.807, 2.05) is 0 Å². The molecule has 0 aromatic carbocycles. The molecule has 15 heavy (non-hydrogen) atoms. The zero-order chi connectivity index (χ0) is 10.7. The molecular weight excluding hydrogens is 194 g/mol. The molecule has 5 nitrogen and oxygen atoms in total. The van der Waals surface area contributed by atoms with E-state index < -0.39 is 0 Å². The Hall–Kier alpha value is -1.36. The molecule has 1 atom stereocenters. The van der Waals surface area contributed by atoms with Crippen LogP contribution in [0.25, 0.3) is 0 Å². The molecular formula is C10H15N3O2. The van der Waals surface area contributed by atoms with E-state index in [1.54, 1.807) is 24.3 Å². The van der Waals surface area contributed by atoms with E-state index in [9.17, 15) is 4.79 Å². The number of hydrogen-bond acceptors (Lipinski definition) is 3. The highest BCUT2D eigenvalue weighted by atomic mass is 16.5. The van der Waals surface area contributed by atoms with Crippen LogP contribution in [0.4, 0.5) is 0 Å². The Labute approximate surface area is 88.4 Å². The van der Waals surface area contributed by atoms with Crippen molar-refractivity contribution in [2.45, 2.75) is 25.5 Å². The average Bonchev–Trinajstić information content (AvgIpc) is 2.88. The summed E-state index contributed by atoms with van der Waals surface area (Å²) in [4.78, 5) is 13.5. The normalized spacial score (nSPS) is 20.5. The number of ether oxygens (including phenoxy) is 1. The lowest BCUT2D eigenvalue weighted by Crippen LogP contribution is -2.35. The van der Waals surface area contributed by atoms with Crippen LogP contribution >= 0.6 is 0 Å². The van der Waals surface area contributed by atoms with Gasteiger partial charge in [-0.1, -0.05) is 0 Å². The summed E-state index contributed by atoms with van der Waals surface area (Å²) in [6.07, 6.45) is 5.10. The SMILES string of the molecule is CN(Cc1cn[nH]c1)C(=O)[C@H]1CCCO1. The Bertz CT molecular complexity index is 317. The van der Waals surface area contributed by atoms with Crippen molar-refractivity contribution in [3.05, 3.63) is 18.0 Å². The first-order valence-electron chi connectivity index (χ1n) is 5.11. The number of amides is 1. The molecule has 2 heterocycles. The van der Waals surface area contributed by atoms with E-state index in [1.165, 1.54) is 0 Å². The molecule has 0 spiro atoms. The Morgan fingerprint density at radius 1 is 1.80 bits per heavy atom. The van der Waals surface area contributed by atoms with E-state index in [0.717, 1.165) is 18.4 Å². The summed E-state index contributed by atoms with van der Waals surface area (Å²) in [5.74, 6) is 0.0636. The lowest BCUT2D eigenvalue weighted by Gasteiger charge is -2.19. The molecule has 82 valence electrons. The fourth-order valence-corrected chi connectivity index (χ4v) is 1.73. The number of likely N-dealkylation sites (N-methyl/N-ethyl adjacent to an activating group) is 1. The molecule has 0 bridgehead atoms. The van der Waals surface area contributed by atoms with Gasteiger partial charge in [0.2, 0.25) is 0 Å². The van der Waals surface area contributed by atoms with Gasteiger partial charge in [-0.15, -0.1) is 0 Å². The Kier molecular flexibility index (Phi) is 3.01. The number of H-pyrrole nitrogens is 1. The highest BCUT2D eigenvalue weighted by molar-refractivity contribution is 5.80. The van der Waals surface area contributed by atoms with Crippen LogP contribution in [0.3, 0.4) is 0 Å². The molecule has 2 rings (SSSR count). The first kappa shape index (κ1) is 10.2. The highest BCUT2D eigenvalue weighted by Gasteiger charge is 2.26. The molecule has 1 aromatic heterocycles. The third-order valence-corrected chi connectivity index (χ3v) is 2.56. The van der Waals surface area contributed by atoms with E-state index in [0.29, 0.717) is 13.2 Å². The van der Waals surface area contributed by atoms with Crippen molar-refractivity contribution in [3.63, 3.8) is 0 Å². The predicted molar refractivity (Wildman–Crippen MR) is 54.0 cm³/mol. The number of carbonyl (C=O) groups excluding carboxylic acids is 1. The zero-order valence-electron chi connectivity index (χ0n) is 8.77. The second-order valence-corrected chi connectivity index (χ2v) is 3.80. The van der Waals surface area contributed by atoms with Crippen LogP contribution in [0.2, 0.25) is 0 Å². The minimum Gasteiger partial charge on any atom is -0.368 e. The van der Waals surface area contributed by atoms with E-state index >= 15 is 0 Å². The summed E-state index contributed by atoms with van der Waals surface area (Å²) in [6, 6.07) is 0. The van der Waals surface area contributed by atoms with Crippen LogP contribution in [0, 0.1) is 0 Å². The van der Waals surface area contributed by atoms with Crippen LogP contribution in [0.5, 0.6) is 0 Å². The standard InChI is InChI=1S/C10H15N3O2/c1-13(7-8-5-11-12-6-8)10(14)9-3-2-4-15-9/h5-6,9H,2-4,7H2,1H3,(H,11,12)/t9-/m1/s1. The first-order chi connectivity index (χ1) is 7.27. The number of rotatable bonds is 3. The van der Waals surface area contributed by atoms with Gasteiger partial charge in [0.05, 0.1) is 6.20 Å². The minimum absolute atomic E-state index is 0.0636. The second kappa shape index (κ2) is 4.44. The third kappa shape index (κ3) is 2.36. The average molecular weight is 209 g/mol. The Morgan fingerprint density at radius 3 is 3.27 bits per heavy atom. The molecule has 1 aliphatic rings. The number of nitrogens with zero attached hydrogens (tertiary/aromatic N) is 2. The number of aromatic amines is 1. The monoisotopic (exact) mass is 209 g/mol. The summed E-state index contributed by atoms with van der Waals surface area (Å²) in [5, 5.41) is 6.56. The van der Waals surface area contributed by atoms with Crippen molar-refractivity contribution in [2.75, 3.05) is 13.7 Å². The fraction of sp³-hybridized carbons (Fsp3) is 0.600. The zero-order valence-corrected chi connectivity index (χ0v) is 8.77. The van der Waals surface area contributed by atoms with Crippen molar-refractivity contribution in [2.24, 2.45) is 0 Å². The quantitative estimate of drug-likeness (QED) is 0.790. The largest absolute Gasteiger partial charge is 0.368 e. The number of aromatic nitrogens is 2. The summed E-state index contributed by atoms with van der Waals surface area (Å²) >= 11 is 0. The molecule has 0 saturated carbocycles. The Balaban J connectivity index is 1.89. The molecule has 1 aliphatic heterocycles. The summed E-state index contributed by atoms with van der Waals surface area (Å²) < 4.78 is 5.34. The van der Waals surface area contributed by atoms with Gasteiger partial charge in [-0.3, -0.25) is 9.89 Å². The van der Waals surface area contributed by atoms with Gasteiger partial charge in [0.15, 0.2) is 0 Å². The maximum atomic E-state index is 11.8. The van der Waals surface area contributed by atoms with E-state index in [4.69, 9.17) is 4.74 Å². The van der Waals surface area contributed by atoms with Gasteiger partial charge in [0, 0.05) is 32.0 Å². The van der Waals surface area contributed by atoms with Crippen LogP contribution in [0.15, 0.2) is 12.4 Å². The smallest absolute Gasteiger partial charge is 0.251 e. The van der Waals surface area contributed by atoms with Crippen molar-refractivity contribution in [1.82, 2.24) is 15.1 Å². The Morgan fingerprint density at radius 2 is 2.67 bits per heavy atom. The molecule has 0 radical (unpaired) electrons. The van der Waals surface area contributed by atoms with E-state index in [2.05, 4.69) is 10.2 Å². The van der Waals surface area contributed by atoms with Gasteiger partial charge in [0.25, 0.3) is 5.91 Å². The molecule has 0 unspecified atom stereocenters. The lowest BCUT2D eigenvalue weighted by atomic mass is 10.2. The van der Waals surface area contributed by atoms with Gasteiger partial charge in [-0.2, -0.15) is 5.10 Å². The van der Waals surface area contributed by atoms with Crippen LogP contribution in [-0.2, 0) is 16.1 Å². The predicted octanol–water partition coefficient (Wildman–Crippen LogP) is 0.547. The highest BCUT2D eigenvalue weighted by Crippen LogP contribution is 2.15. The van der Waals surface area contributed by atoms with Crippen molar-refractivity contribution >= 4 is 5.91 Å². The maximum Gasteiger partial charge on any atom is 0.251 e. The first-order valence-corrected chi connectivity index (χ1v) is 5.11. The molecule has 1 fully saturated rings. The fourth-order valence-electron chi connectivity index (χ4n) is 1.73. The van der Waals surface area contributed by atoms with Crippen LogP contribution < -0.4 is 0 Å². The molecule has 1 N–H and O–H groups in total. The number of hydrogen-bond donors (Lipinski definition) is 1. The van der Waals surface area contributed by atoms with Crippen LogP contribution in [-0.4, -0.2) is 40.8 Å². The summed E-state index contributed by atoms with van der Waals surface area (Å²) in [5.41, 5.74) is 1.00. The molecule has 0 aliphatic carbocycles. The topological polar surface area (TPSA) is 58.2 Å². The minimum atomic E-state index is -0.234. The van der Waals surface area contributed by atoms with E-state index in [-0.39, 0.29) is 12.0 Å². The van der Waals surface area contributed by atoms with Crippen molar-refractivity contribution in [1.29, 1.82) is 0 Å². The van der Waals surface area contributed by atoms with Gasteiger partial charge in [-0.25, -0.2) is 0 Å². The van der Waals surface area contributed by atoms with Crippen molar-refractivity contribution in [3.8, 4) is 0 Å². The van der Waals surface area contributed by atoms with Crippen LogP contribution in [0.1, 0.15) is 18.4 Å². The van der Waals surface area contributed by atoms with Gasteiger partial charge >= 0.3 is 0 Å². The van der Waals surface area contributed by atoms with Gasteiger partial charge in [-0.05, 0) is 12.8 Å². The lowest BCUT2D eigenvalue weighted by molar-refractivity contribution is -0.140. The maximum absolute atomic E-state index is 11.8. The molecule has 5 heteroatoms. The van der Waals surface area contributed by atoms with Gasteiger partial charge < -0.3 is 9.64 Å². The molecule has 1 aromatic rings. The number of carbonyl (C=O) groups is 1. The molecule has 1 amide bonds. The summed E-state index contributed by atoms with van der Waals surface area (Å²) in [7, 11) is 1.79. The van der Waals surface area contributed by atoms with Crippen molar-refractivity contribution < 1.29 is 9.53 Å². The van der Waals surface area contributed by atoms with Gasteiger partial charge in [0.1, 0.15) is 6.10 Å².